The summed E-state index contributed by atoms with van der Waals surface area (Å²) in [5.74, 6) is 0. The fourth-order valence-corrected chi connectivity index (χ4v) is 2.36. The van der Waals surface area contributed by atoms with Crippen LogP contribution >= 0.6 is 11.3 Å². The Morgan fingerprint density at radius 1 is 1.33 bits per heavy atom. The van der Waals surface area contributed by atoms with Crippen LogP contribution in [0.3, 0.4) is 0 Å². The Bertz CT molecular complexity index is 353. The number of thiophene rings is 1. The van der Waals surface area contributed by atoms with Crippen molar-refractivity contribution in [2.75, 3.05) is 0 Å². The van der Waals surface area contributed by atoms with E-state index in [2.05, 4.69) is 0 Å². The van der Waals surface area contributed by atoms with E-state index in [1.165, 1.54) is 12.1 Å². The van der Waals surface area contributed by atoms with Crippen molar-refractivity contribution < 1.29 is 54.5 Å². The van der Waals surface area contributed by atoms with Crippen LogP contribution in [-0.2, 0) is 5.60 Å². The summed E-state index contributed by atoms with van der Waals surface area (Å²) in [4.78, 5) is 0.150. The molecule has 82 valence electrons. The minimum absolute atomic E-state index is 0. The topological polar surface area (TPSA) is 40.5 Å². The molecule has 2 rings (SSSR count). The van der Waals surface area contributed by atoms with Gasteiger partial charge in [-0.05, 0) is 11.4 Å². The number of hydrogen-bond acceptors (Lipinski definition) is 3. The zero-order valence-corrected chi connectivity index (χ0v) is 12.4. The molecule has 0 aliphatic heterocycles. The van der Waals surface area contributed by atoms with Gasteiger partial charge in [0.1, 0.15) is 5.60 Å². The van der Waals surface area contributed by atoms with Gasteiger partial charge in [0.25, 0.3) is 0 Å². The molecule has 1 fully saturated rings. The number of alkyl halides is 3. The van der Waals surface area contributed by atoms with Crippen LogP contribution in [0.4, 0.5) is 13.2 Å². The Hall–Kier alpha value is 0.462. The molecule has 0 aromatic carbocycles. The third kappa shape index (κ3) is 1.79. The zero-order chi connectivity index (χ0) is 10.6. The van der Waals surface area contributed by atoms with Crippen LogP contribution in [-0.4, -0.2) is 22.0 Å². The second kappa shape index (κ2) is 3.74. The van der Waals surface area contributed by atoms with E-state index in [9.17, 15) is 23.4 Å². The van der Waals surface area contributed by atoms with Gasteiger partial charge >= 0.3 is 6.18 Å². The molecule has 15 heavy (non-hydrogen) atoms. The molecular formula is C8H7F3O2SU. The maximum atomic E-state index is 12.3. The average Bonchev–Trinajstić information content (AvgIpc) is 2.54. The van der Waals surface area contributed by atoms with E-state index in [1.807, 2.05) is 0 Å². The SMILES string of the molecule is OC1(c2cccs2)CC1(O)C(F)(F)F.[U]. The van der Waals surface area contributed by atoms with Crippen molar-refractivity contribution in [3.63, 3.8) is 0 Å². The minimum atomic E-state index is -4.79. The summed E-state index contributed by atoms with van der Waals surface area (Å²) in [5, 5.41) is 20.3. The van der Waals surface area contributed by atoms with E-state index in [0.717, 1.165) is 11.3 Å². The molecule has 0 radical (unpaired) electrons. The van der Waals surface area contributed by atoms with Crippen molar-refractivity contribution in [1.82, 2.24) is 0 Å². The molecule has 0 saturated heterocycles. The molecule has 0 bridgehead atoms. The quantitative estimate of drug-likeness (QED) is 0.667. The molecule has 0 spiro atoms. The fraction of sp³-hybridized carbons (Fsp3) is 0.500. The van der Waals surface area contributed by atoms with Gasteiger partial charge < -0.3 is 10.2 Å². The summed E-state index contributed by atoms with van der Waals surface area (Å²) in [6.45, 7) is 0. The van der Waals surface area contributed by atoms with Gasteiger partial charge in [-0.15, -0.1) is 11.3 Å². The Morgan fingerprint density at radius 3 is 2.27 bits per heavy atom. The average molecular weight is 462 g/mol. The maximum Gasteiger partial charge on any atom is 0.420 e. The largest absolute Gasteiger partial charge is 0.420 e. The molecule has 1 aromatic rings. The van der Waals surface area contributed by atoms with Crippen LogP contribution < -0.4 is 0 Å². The third-order valence-corrected chi connectivity index (χ3v) is 3.49. The molecule has 7 heteroatoms. The first kappa shape index (κ1) is 13.5. The predicted molar refractivity (Wildman–Crippen MR) is 43.8 cm³/mol. The zero-order valence-electron chi connectivity index (χ0n) is 7.38. The van der Waals surface area contributed by atoms with Crippen LogP contribution in [0.2, 0.25) is 0 Å². The predicted octanol–water partition coefficient (Wildman–Crippen LogP) is 1.63. The Balaban J connectivity index is 0.00000112. The normalized spacial score (nSPS) is 34.7. The van der Waals surface area contributed by atoms with Crippen LogP contribution in [0.1, 0.15) is 11.3 Å². The summed E-state index contributed by atoms with van der Waals surface area (Å²) in [5.41, 5.74) is -5.11. The summed E-state index contributed by atoms with van der Waals surface area (Å²) >= 11 is 1.00. The van der Waals surface area contributed by atoms with Crippen molar-refractivity contribution in [3.8, 4) is 0 Å². The van der Waals surface area contributed by atoms with E-state index >= 15 is 0 Å². The second-order valence-corrected chi connectivity index (χ2v) is 4.32. The molecule has 0 amide bonds. The van der Waals surface area contributed by atoms with E-state index in [4.69, 9.17) is 0 Å². The molecule has 1 saturated carbocycles. The van der Waals surface area contributed by atoms with Crippen molar-refractivity contribution in [2.24, 2.45) is 0 Å². The van der Waals surface area contributed by atoms with Gasteiger partial charge in [0.15, 0.2) is 5.60 Å². The number of hydrogen-bond donors (Lipinski definition) is 2. The monoisotopic (exact) mass is 462 g/mol. The van der Waals surface area contributed by atoms with E-state index in [1.54, 1.807) is 5.38 Å². The van der Waals surface area contributed by atoms with Gasteiger partial charge in [0.05, 0.1) is 0 Å². The number of rotatable bonds is 1. The van der Waals surface area contributed by atoms with Crippen molar-refractivity contribution >= 4 is 11.3 Å². The van der Waals surface area contributed by atoms with E-state index < -0.39 is 23.8 Å². The first-order chi connectivity index (χ1) is 6.31. The van der Waals surface area contributed by atoms with Crippen molar-refractivity contribution in [1.29, 1.82) is 0 Å². The summed E-state index contributed by atoms with van der Waals surface area (Å²) in [6, 6.07) is 2.92. The van der Waals surface area contributed by atoms with Crippen LogP contribution in [0.5, 0.6) is 0 Å². The van der Waals surface area contributed by atoms with Gasteiger partial charge in [-0.2, -0.15) is 13.2 Å². The van der Waals surface area contributed by atoms with Gasteiger partial charge in [0, 0.05) is 42.4 Å². The van der Waals surface area contributed by atoms with E-state index in [-0.39, 0.29) is 36.0 Å². The summed E-state index contributed by atoms with van der Waals surface area (Å²) in [7, 11) is 0. The number of halogens is 3. The minimum Gasteiger partial charge on any atom is -0.381 e. The maximum absolute atomic E-state index is 12.3. The van der Waals surface area contributed by atoms with Gasteiger partial charge in [0.2, 0.25) is 0 Å². The molecule has 1 aliphatic carbocycles. The molecule has 1 heterocycles. The van der Waals surface area contributed by atoms with E-state index in [0.29, 0.717) is 0 Å². The molecule has 2 unspecified atom stereocenters. The molecule has 1 aromatic heterocycles. The van der Waals surface area contributed by atoms with Crippen LogP contribution in [0.25, 0.3) is 0 Å². The first-order valence-corrected chi connectivity index (χ1v) is 4.75. The fourth-order valence-electron chi connectivity index (χ4n) is 1.47. The second-order valence-electron chi connectivity index (χ2n) is 3.37. The standard InChI is InChI=1S/C8H7F3O2S.U/c9-8(10,11)7(13)4-6(7,12)5-2-1-3-14-5;/h1-3,12-13H,4H2;. The van der Waals surface area contributed by atoms with Crippen LogP contribution in [0, 0.1) is 31.1 Å². The smallest absolute Gasteiger partial charge is 0.381 e. The van der Waals surface area contributed by atoms with Crippen molar-refractivity contribution in [2.45, 2.75) is 23.8 Å². The van der Waals surface area contributed by atoms with Gasteiger partial charge in [-0.1, -0.05) is 6.07 Å². The molecule has 1 aliphatic rings. The third-order valence-electron chi connectivity index (χ3n) is 2.47. The number of aliphatic hydroxyl groups is 2. The van der Waals surface area contributed by atoms with Crippen LogP contribution in [0.15, 0.2) is 17.5 Å². The van der Waals surface area contributed by atoms with Gasteiger partial charge in [-0.25, -0.2) is 0 Å². The first-order valence-electron chi connectivity index (χ1n) is 3.87. The molecule has 2 N–H and O–H groups in total. The molecule has 2 atom stereocenters. The Labute approximate surface area is 111 Å². The Kier molecular flexibility index (Phi) is 3.38. The summed E-state index contributed by atoms with van der Waals surface area (Å²) in [6.07, 6.45) is -5.46. The van der Waals surface area contributed by atoms with Crippen molar-refractivity contribution in [3.05, 3.63) is 22.4 Å². The Morgan fingerprint density at radius 2 is 1.93 bits per heavy atom. The molecule has 2 nitrogen and oxygen atoms in total. The summed E-state index contributed by atoms with van der Waals surface area (Å²) < 4.78 is 36.9. The molecular weight excluding hydrogens is 455 g/mol. The van der Waals surface area contributed by atoms with Gasteiger partial charge in [-0.3, -0.25) is 0 Å².